The van der Waals surface area contributed by atoms with Crippen LogP contribution in [0.1, 0.15) is 77.6 Å². The van der Waals surface area contributed by atoms with Crippen LogP contribution in [0.4, 0.5) is 9.59 Å². The molecule has 52 heavy (non-hydrogen) atoms. The molecule has 0 aliphatic carbocycles. The molecule has 2 aliphatic heterocycles. The predicted octanol–water partition coefficient (Wildman–Crippen LogP) is 8.08. The Balaban J connectivity index is 1.02. The number of benzene rings is 1. The molecule has 6 heterocycles. The first-order valence-corrected chi connectivity index (χ1v) is 19.5. The molecule has 1 aromatic carbocycles. The van der Waals surface area contributed by atoms with Crippen molar-refractivity contribution in [2.24, 2.45) is 11.8 Å². The number of rotatable bonds is 9. The number of Topliss-reactive ketones (excluding diaryl/α,β-unsaturated/α-hetero) is 1. The summed E-state index contributed by atoms with van der Waals surface area (Å²) in [6.07, 6.45) is 5.23. The minimum atomic E-state index is -0.604. The zero-order valence-corrected chi connectivity index (χ0v) is 31.9. The van der Waals surface area contributed by atoms with Crippen LogP contribution in [-0.2, 0) is 14.3 Å². The number of nitrogens with zero attached hydrogens (tertiary/aromatic N) is 3. The fourth-order valence-corrected chi connectivity index (χ4v) is 9.53. The van der Waals surface area contributed by atoms with E-state index < -0.39 is 17.7 Å². The third-order valence-electron chi connectivity index (χ3n) is 9.75. The summed E-state index contributed by atoms with van der Waals surface area (Å²) >= 11 is 3.44. The van der Waals surface area contributed by atoms with Gasteiger partial charge < -0.3 is 30.1 Å². The Morgan fingerprint density at radius 2 is 1.73 bits per heavy atom. The van der Waals surface area contributed by atoms with Crippen LogP contribution in [0.25, 0.3) is 43.0 Å². The van der Waals surface area contributed by atoms with E-state index in [1.807, 2.05) is 47.0 Å². The molecule has 4 N–H and O–H groups in total. The maximum absolute atomic E-state index is 13.3. The SMILES string of the molecule is COC(=O)N[C@H](C(=O)[C@@H]1CNC(c2nc(-c3ccc(-c4csc5c(-c6cnc([C@@H]7CCCN7C(=O)OC(C)(C)C)[nH]6)csc45)cc3)c[nH]2)C1)C(C)C. The molecule has 5 aromatic rings. The summed E-state index contributed by atoms with van der Waals surface area (Å²) in [5.41, 5.74) is 5.65. The quantitative estimate of drug-likeness (QED) is 0.118. The average Bonchev–Trinajstić information content (AvgIpc) is 3.95. The van der Waals surface area contributed by atoms with Crippen LogP contribution in [0, 0.1) is 11.8 Å². The summed E-state index contributed by atoms with van der Waals surface area (Å²) in [4.78, 5) is 56.2. The van der Waals surface area contributed by atoms with E-state index >= 15 is 0 Å². The maximum atomic E-state index is 13.3. The number of ketones is 1. The van der Waals surface area contributed by atoms with Crippen molar-refractivity contribution in [2.75, 3.05) is 20.2 Å². The van der Waals surface area contributed by atoms with Gasteiger partial charge in [0.15, 0.2) is 5.78 Å². The van der Waals surface area contributed by atoms with Crippen molar-refractivity contribution in [2.45, 2.75) is 77.6 Å². The predicted molar refractivity (Wildman–Crippen MR) is 203 cm³/mol. The summed E-state index contributed by atoms with van der Waals surface area (Å²) in [5, 5.41) is 10.5. The lowest BCUT2D eigenvalue weighted by atomic mass is 9.89. The first-order valence-electron chi connectivity index (χ1n) is 17.7. The Kier molecular flexibility index (Phi) is 9.98. The number of ether oxygens (including phenoxy) is 2. The molecule has 0 spiro atoms. The Labute approximate surface area is 310 Å². The van der Waals surface area contributed by atoms with Gasteiger partial charge >= 0.3 is 12.2 Å². The molecule has 4 aromatic heterocycles. The van der Waals surface area contributed by atoms with Gasteiger partial charge in [-0.15, -0.1) is 22.7 Å². The second-order valence-electron chi connectivity index (χ2n) is 14.9. The average molecular weight is 744 g/mol. The third kappa shape index (κ3) is 7.24. The van der Waals surface area contributed by atoms with Gasteiger partial charge in [0.1, 0.15) is 17.2 Å². The van der Waals surface area contributed by atoms with E-state index in [2.05, 4.69) is 55.6 Å². The van der Waals surface area contributed by atoms with E-state index in [1.54, 1.807) is 27.6 Å². The van der Waals surface area contributed by atoms with Crippen molar-refractivity contribution < 1.29 is 23.9 Å². The lowest BCUT2D eigenvalue weighted by Crippen LogP contribution is -2.47. The number of aromatic amines is 2. The minimum Gasteiger partial charge on any atom is -0.453 e. The number of amides is 2. The monoisotopic (exact) mass is 743 g/mol. The van der Waals surface area contributed by atoms with E-state index in [0.717, 1.165) is 52.6 Å². The molecule has 2 aliphatic rings. The molecular weight excluding hydrogens is 699 g/mol. The largest absolute Gasteiger partial charge is 0.453 e. The molecular formula is C38H45N7O5S2. The van der Waals surface area contributed by atoms with Crippen LogP contribution in [-0.4, -0.2) is 74.6 Å². The van der Waals surface area contributed by atoms with Gasteiger partial charge in [0.05, 0.1) is 52.2 Å². The molecule has 7 rings (SSSR count). The number of carbonyl (C=O) groups excluding carboxylic acids is 3. The zero-order valence-electron chi connectivity index (χ0n) is 30.2. The minimum absolute atomic E-state index is 0.00295. The summed E-state index contributed by atoms with van der Waals surface area (Å²) < 4.78 is 12.8. The Hall–Kier alpha value is -4.53. The van der Waals surface area contributed by atoms with Gasteiger partial charge in [0, 0.05) is 52.7 Å². The van der Waals surface area contributed by atoms with Crippen LogP contribution in [0.5, 0.6) is 0 Å². The van der Waals surface area contributed by atoms with Crippen molar-refractivity contribution in [3.63, 3.8) is 0 Å². The second kappa shape index (κ2) is 14.5. The zero-order chi connectivity index (χ0) is 36.7. The van der Waals surface area contributed by atoms with E-state index in [9.17, 15) is 14.4 Å². The number of H-pyrrole nitrogens is 2. The van der Waals surface area contributed by atoms with Crippen molar-refractivity contribution in [1.29, 1.82) is 0 Å². The molecule has 14 heteroatoms. The van der Waals surface area contributed by atoms with Crippen molar-refractivity contribution in [1.82, 2.24) is 35.5 Å². The first-order chi connectivity index (χ1) is 24.9. The van der Waals surface area contributed by atoms with Crippen LogP contribution in [0.3, 0.4) is 0 Å². The number of thiophene rings is 2. The Morgan fingerprint density at radius 1 is 1.02 bits per heavy atom. The number of hydrogen-bond acceptors (Lipinski definition) is 10. The molecule has 0 saturated carbocycles. The highest BCUT2D eigenvalue weighted by Crippen LogP contribution is 2.44. The molecule has 4 atom stereocenters. The second-order valence-corrected chi connectivity index (χ2v) is 16.6. The molecule has 2 fully saturated rings. The van der Waals surface area contributed by atoms with Crippen LogP contribution >= 0.6 is 22.7 Å². The van der Waals surface area contributed by atoms with Gasteiger partial charge in [0.2, 0.25) is 0 Å². The highest BCUT2D eigenvalue weighted by Gasteiger charge is 2.38. The standard InChI is InChI=1S/C38H45N7O5S2/c1-20(2)30(44-36(47)49-6)31(46)23-14-26(39-15-23)34-40-16-27(42-34)22-11-9-21(10-12-22)24-18-51-33-25(19-52-32(24)33)28-17-41-35(43-28)29-8-7-13-45(29)37(48)50-38(3,4)5/h9-12,16-20,23,26,29-30,39H,7-8,13-15H2,1-6H3,(H,40,42)(H,41,43)(H,44,47)/t23-,26?,29-,30-/m0/s1. The fraction of sp³-hybridized carbons (Fsp3) is 0.447. The smallest absolute Gasteiger partial charge is 0.410 e. The third-order valence-corrected chi connectivity index (χ3v) is 11.9. The number of fused-ring (bicyclic) bond motifs is 1. The number of hydrogen-bond donors (Lipinski definition) is 4. The highest BCUT2D eigenvalue weighted by molar-refractivity contribution is 7.27. The van der Waals surface area contributed by atoms with Crippen LogP contribution in [0.15, 0.2) is 47.4 Å². The molecule has 274 valence electrons. The van der Waals surface area contributed by atoms with Crippen LogP contribution in [0.2, 0.25) is 0 Å². The van der Waals surface area contributed by atoms with Crippen LogP contribution < -0.4 is 10.6 Å². The normalized spacial score (nSPS) is 19.8. The number of carbonyl (C=O) groups is 3. The van der Waals surface area contributed by atoms with Crippen molar-refractivity contribution >= 4 is 50.0 Å². The number of alkyl carbamates (subject to hydrolysis) is 1. The van der Waals surface area contributed by atoms with Gasteiger partial charge in [0.25, 0.3) is 0 Å². The van der Waals surface area contributed by atoms with E-state index in [1.165, 1.54) is 22.1 Å². The Morgan fingerprint density at radius 3 is 2.44 bits per heavy atom. The van der Waals surface area contributed by atoms with E-state index in [4.69, 9.17) is 19.4 Å². The number of imidazole rings is 2. The number of methoxy groups -OCH3 is 1. The first kappa shape index (κ1) is 35.9. The van der Waals surface area contributed by atoms with Crippen molar-refractivity contribution in [3.8, 4) is 33.6 Å². The van der Waals surface area contributed by atoms with Gasteiger partial charge in [-0.25, -0.2) is 19.6 Å². The lowest BCUT2D eigenvalue weighted by molar-refractivity contribution is -0.125. The number of aromatic nitrogens is 4. The molecule has 12 nitrogen and oxygen atoms in total. The maximum Gasteiger partial charge on any atom is 0.410 e. The number of nitrogens with one attached hydrogen (secondary N) is 4. The van der Waals surface area contributed by atoms with E-state index in [-0.39, 0.29) is 35.8 Å². The Bertz CT molecular complexity index is 2070. The van der Waals surface area contributed by atoms with Gasteiger partial charge in [-0.2, -0.15) is 0 Å². The summed E-state index contributed by atoms with van der Waals surface area (Å²) in [5.74, 6) is 1.29. The van der Waals surface area contributed by atoms with Gasteiger partial charge in [-0.3, -0.25) is 9.69 Å². The summed E-state index contributed by atoms with van der Waals surface area (Å²) in [6.45, 7) is 10.7. The molecule has 2 amide bonds. The fourth-order valence-electron chi connectivity index (χ4n) is 7.09. The lowest BCUT2D eigenvalue weighted by Gasteiger charge is -2.27. The molecule has 0 radical (unpaired) electrons. The van der Waals surface area contributed by atoms with Crippen molar-refractivity contribution in [3.05, 3.63) is 59.1 Å². The topological polar surface area (TPSA) is 154 Å². The van der Waals surface area contributed by atoms with Gasteiger partial charge in [-0.05, 0) is 51.5 Å². The molecule has 0 bridgehead atoms. The number of likely N-dealkylation sites (tertiary alicyclic amines) is 1. The summed E-state index contributed by atoms with van der Waals surface area (Å²) in [6, 6.07) is 7.62. The molecule has 2 saturated heterocycles. The summed E-state index contributed by atoms with van der Waals surface area (Å²) in [7, 11) is 1.30. The van der Waals surface area contributed by atoms with Gasteiger partial charge in [-0.1, -0.05) is 38.1 Å². The molecule has 1 unspecified atom stereocenters. The highest BCUT2D eigenvalue weighted by atomic mass is 32.1. The van der Waals surface area contributed by atoms with E-state index in [0.29, 0.717) is 19.5 Å².